The summed E-state index contributed by atoms with van der Waals surface area (Å²) in [7, 11) is 0. The van der Waals surface area contributed by atoms with Gasteiger partial charge in [-0.3, -0.25) is 0 Å². The van der Waals surface area contributed by atoms with E-state index in [1.165, 1.54) is 116 Å². The van der Waals surface area contributed by atoms with Crippen LogP contribution in [0.2, 0.25) is 0 Å². The van der Waals surface area contributed by atoms with Gasteiger partial charge in [0.25, 0.3) is 0 Å². The lowest BCUT2D eigenvalue weighted by molar-refractivity contribution is 0.295. The molecule has 0 radical (unpaired) electrons. The Morgan fingerprint density at radius 2 is 0.784 bits per heavy atom. The van der Waals surface area contributed by atoms with Crippen LogP contribution in [0.15, 0.2) is 127 Å². The van der Waals surface area contributed by atoms with Crippen LogP contribution >= 0.6 is 0 Å². The Morgan fingerprint density at radius 3 is 1.22 bits per heavy atom. The fraction of sp³-hybridized carbons (Fsp3) is 0.240. The minimum atomic E-state index is 0.136. The average Bonchev–Trinajstić information content (AvgIpc) is 3.19. The van der Waals surface area contributed by atoms with Crippen molar-refractivity contribution < 1.29 is 4.74 Å². The first-order valence-electron chi connectivity index (χ1n) is 19.3. The molecule has 6 aliphatic carbocycles. The fourth-order valence-electron chi connectivity index (χ4n) is 10.2. The van der Waals surface area contributed by atoms with Gasteiger partial charge in [0.1, 0.15) is 5.75 Å². The van der Waals surface area contributed by atoms with Crippen LogP contribution in [0.3, 0.4) is 0 Å². The number of benzene rings is 6. The van der Waals surface area contributed by atoms with Crippen LogP contribution in [-0.4, -0.2) is 6.61 Å². The number of hydrogen-bond acceptors (Lipinski definition) is 1. The molecule has 0 amide bonds. The average molecular weight is 661 g/mol. The molecule has 0 heterocycles. The fourth-order valence-corrected chi connectivity index (χ4v) is 10.2. The lowest BCUT2D eigenvalue weighted by Crippen LogP contribution is -2.34. The molecule has 0 N–H and O–H groups in total. The Kier molecular flexibility index (Phi) is 7.56. The first-order chi connectivity index (χ1) is 25.3. The summed E-state index contributed by atoms with van der Waals surface area (Å²) < 4.78 is 7.37. The van der Waals surface area contributed by atoms with E-state index < -0.39 is 0 Å². The highest BCUT2D eigenvalue weighted by atomic mass is 16.5. The van der Waals surface area contributed by atoms with E-state index in [4.69, 9.17) is 4.74 Å². The van der Waals surface area contributed by atoms with Crippen LogP contribution in [0.25, 0.3) is 12.2 Å². The van der Waals surface area contributed by atoms with E-state index in [2.05, 4.69) is 146 Å². The molecular weight excluding hydrogens is 617 g/mol. The zero-order valence-corrected chi connectivity index (χ0v) is 29.4. The Labute approximate surface area is 302 Å². The van der Waals surface area contributed by atoms with Crippen molar-refractivity contribution in [3.8, 4) is 5.75 Å². The first-order valence-corrected chi connectivity index (χ1v) is 19.3. The summed E-state index contributed by atoms with van der Waals surface area (Å²) in [5.74, 6) is 1.75. The molecular formula is C50H44O. The molecule has 51 heavy (non-hydrogen) atoms. The zero-order chi connectivity index (χ0) is 33.9. The van der Waals surface area contributed by atoms with Gasteiger partial charge in [-0.15, -0.1) is 0 Å². The third-order valence-electron chi connectivity index (χ3n) is 12.3. The van der Waals surface area contributed by atoms with Crippen molar-refractivity contribution in [3.05, 3.63) is 205 Å². The smallest absolute Gasteiger partial charge is 0.128 e. The predicted molar refractivity (Wildman–Crippen MR) is 210 cm³/mol. The monoisotopic (exact) mass is 660 g/mol. The van der Waals surface area contributed by atoms with E-state index in [1.54, 1.807) is 0 Å². The molecule has 0 spiro atoms. The molecule has 0 fully saturated rings. The molecule has 4 bridgehead atoms. The van der Waals surface area contributed by atoms with Gasteiger partial charge in [0.05, 0.1) is 6.61 Å². The topological polar surface area (TPSA) is 9.23 Å². The summed E-state index contributed by atoms with van der Waals surface area (Å²) in [6.45, 7) is 3.05. The van der Waals surface area contributed by atoms with Crippen LogP contribution in [0.1, 0.15) is 147 Å². The maximum Gasteiger partial charge on any atom is 0.128 e. The van der Waals surface area contributed by atoms with Crippen LogP contribution in [-0.2, 0) is 0 Å². The third kappa shape index (κ3) is 4.67. The number of hydrogen-bond donors (Lipinski definition) is 0. The highest BCUT2D eigenvalue weighted by molar-refractivity contribution is 5.86. The molecule has 6 aliphatic rings. The minimum Gasteiger partial charge on any atom is -0.493 e. The normalized spacial score (nSPS) is 19.5. The van der Waals surface area contributed by atoms with Gasteiger partial charge in [0, 0.05) is 34.8 Å². The van der Waals surface area contributed by atoms with E-state index in [0.29, 0.717) is 0 Å². The quantitative estimate of drug-likeness (QED) is 0.105. The van der Waals surface area contributed by atoms with Gasteiger partial charge in [0.2, 0.25) is 0 Å². The maximum absolute atomic E-state index is 7.37. The summed E-state index contributed by atoms with van der Waals surface area (Å²) in [5, 5.41) is 0. The Balaban J connectivity index is 1.27. The van der Waals surface area contributed by atoms with Crippen molar-refractivity contribution in [2.24, 2.45) is 0 Å². The highest BCUT2D eigenvalue weighted by Gasteiger charge is 2.50. The van der Waals surface area contributed by atoms with E-state index in [-0.39, 0.29) is 23.7 Å². The van der Waals surface area contributed by atoms with Crippen LogP contribution in [0, 0.1) is 0 Å². The van der Waals surface area contributed by atoms with Crippen molar-refractivity contribution in [3.63, 3.8) is 0 Å². The van der Waals surface area contributed by atoms with Crippen molar-refractivity contribution in [2.75, 3.05) is 6.61 Å². The molecule has 0 atom stereocenters. The summed E-state index contributed by atoms with van der Waals surface area (Å²) in [5.41, 5.74) is 19.9. The molecule has 0 saturated heterocycles. The Morgan fingerprint density at radius 1 is 0.412 bits per heavy atom. The second-order valence-electron chi connectivity index (χ2n) is 15.0. The second-order valence-corrected chi connectivity index (χ2v) is 15.0. The summed E-state index contributed by atoms with van der Waals surface area (Å²) in [6.07, 6.45) is 12.3. The second kappa shape index (κ2) is 12.6. The van der Waals surface area contributed by atoms with Gasteiger partial charge >= 0.3 is 0 Å². The Bertz CT molecular complexity index is 2090. The molecule has 0 aliphatic heterocycles. The van der Waals surface area contributed by atoms with Gasteiger partial charge in [-0.1, -0.05) is 179 Å². The van der Waals surface area contributed by atoms with Gasteiger partial charge in [-0.25, -0.2) is 0 Å². The van der Waals surface area contributed by atoms with Gasteiger partial charge in [0.15, 0.2) is 0 Å². The summed E-state index contributed by atoms with van der Waals surface area (Å²) >= 11 is 0. The van der Waals surface area contributed by atoms with Crippen LogP contribution in [0.4, 0.5) is 0 Å². The van der Waals surface area contributed by atoms with Crippen LogP contribution in [0.5, 0.6) is 5.75 Å². The SMILES string of the molecule is CCCCCCCCOc1c2c(c(/C=C\c3ccccc3)c3c1C1c4ccccc4C3c3ccccc31)C1c3ccccc3C2c2ccccc21. The standard InChI is InChI=1S/C50H44O/c1-2-3-4-5-6-18-31-51-50-48-44-37-25-14-10-21-33(37)42(34-22-11-15-26-38(34)44)46(48)41(30-29-32-19-8-7-9-20-32)47-43-35-23-12-16-27-39(35)45(49(47)50)40-28-17-13-24-36(40)43/h7-17,19-30,42-45H,2-6,18,31H2,1H3/b30-29-. The summed E-state index contributed by atoms with van der Waals surface area (Å²) in [6, 6.07) is 47.9. The highest BCUT2D eigenvalue weighted by Crippen LogP contribution is 2.66. The number of unbranched alkanes of at least 4 members (excludes halogenated alkanes) is 5. The molecule has 1 heteroatoms. The van der Waals surface area contributed by atoms with Crippen molar-refractivity contribution >= 4 is 12.2 Å². The Hall–Kier alpha value is -5.14. The number of ether oxygens (including phenoxy) is 1. The molecule has 0 saturated carbocycles. The predicted octanol–water partition coefficient (Wildman–Crippen LogP) is 12.6. The van der Waals surface area contributed by atoms with Gasteiger partial charge < -0.3 is 4.74 Å². The molecule has 6 aromatic carbocycles. The lowest BCUT2D eigenvalue weighted by atomic mass is 9.54. The molecule has 0 unspecified atom stereocenters. The maximum atomic E-state index is 7.37. The molecule has 12 rings (SSSR count). The van der Waals surface area contributed by atoms with Gasteiger partial charge in [-0.2, -0.15) is 0 Å². The molecule has 1 nitrogen and oxygen atoms in total. The van der Waals surface area contributed by atoms with E-state index in [0.717, 1.165) is 13.0 Å². The lowest BCUT2D eigenvalue weighted by Gasteiger charge is -2.49. The van der Waals surface area contributed by atoms with Crippen molar-refractivity contribution in [1.29, 1.82) is 0 Å². The summed E-state index contributed by atoms with van der Waals surface area (Å²) in [4.78, 5) is 0. The minimum absolute atomic E-state index is 0.136. The van der Waals surface area contributed by atoms with E-state index >= 15 is 0 Å². The largest absolute Gasteiger partial charge is 0.493 e. The van der Waals surface area contributed by atoms with Gasteiger partial charge in [-0.05, 0) is 73.2 Å². The molecule has 250 valence electrons. The number of rotatable bonds is 10. The van der Waals surface area contributed by atoms with E-state index in [9.17, 15) is 0 Å². The van der Waals surface area contributed by atoms with Crippen LogP contribution < -0.4 is 4.74 Å². The zero-order valence-electron chi connectivity index (χ0n) is 29.4. The first kappa shape index (κ1) is 30.7. The molecule has 0 aromatic heterocycles. The third-order valence-corrected chi connectivity index (χ3v) is 12.3. The van der Waals surface area contributed by atoms with Crippen molar-refractivity contribution in [1.82, 2.24) is 0 Å². The van der Waals surface area contributed by atoms with Crippen molar-refractivity contribution in [2.45, 2.75) is 69.1 Å². The van der Waals surface area contributed by atoms with E-state index in [1.807, 2.05) is 0 Å². The molecule has 6 aromatic rings.